The van der Waals surface area contributed by atoms with E-state index in [0.29, 0.717) is 6.42 Å². The Bertz CT molecular complexity index is 372. The topological polar surface area (TPSA) is 58.6 Å². The highest BCUT2D eigenvalue weighted by molar-refractivity contribution is 5.89. The molecule has 0 aromatic rings. The zero-order chi connectivity index (χ0) is 16.0. The summed E-state index contributed by atoms with van der Waals surface area (Å²) in [6.45, 7) is 2.59. The fraction of sp³-hybridized carbons (Fsp3) is 0.846. The number of amides is 2. The fourth-order valence-corrected chi connectivity index (χ4v) is 2.11. The lowest BCUT2D eigenvalue weighted by atomic mass is 10.0. The van der Waals surface area contributed by atoms with Gasteiger partial charge in [-0.2, -0.15) is 13.2 Å². The summed E-state index contributed by atoms with van der Waals surface area (Å²) >= 11 is 0. The number of ether oxygens (including phenoxy) is 1. The van der Waals surface area contributed by atoms with E-state index >= 15 is 0 Å². The summed E-state index contributed by atoms with van der Waals surface area (Å²) in [4.78, 5) is 25.2. The van der Waals surface area contributed by atoms with Crippen LogP contribution in [0.15, 0.2) is 0 Å². The molecule has 21 heavy (non-hydrogen) atoms. The van der Waals surface area contributed by atoms with Gasteiger partial charge >= 0.3 is 6.18 Å². The molecule has 2 amide bonds. The second-order valence-electron chi connectivity index (χ2n) is 5.49. The average Bonchev–Trinajstić information content (AvgIpc) is 2.45. The lowest BCUT2D eigenvalue weighted by Gasteiger charge is -2.25. The minimum Gasteiger partial charge on any atom is -0.370 e. The quantitative estimate of drug-likeness (QED) is 0.753. The second-order valence-corrected chi connectivity index (χ2v) is 5.49. The van der Waals surface area contributed by atoms with Crippen molar-refractivity contribution in [1.29, 1.82) is 0 Å². The molecule has 5 nitrogen and oxygen atoms in total. The number of alkyl halides is 3. The molecule has 0 saturated carbocycles. The first kappa shape index (κ1) is 17.7. The van der Waals surface area contributed by atoms with E-state index in [9.17, 15) is 22.8 Å². The summed E-state index contributed by atoms with van der Waals surface area (Å²) in [5.41, 5.74) is 0. The molecule has 122 valence electrons. The number of nitrogens with one attached hydrogen (secondary N) is 1. The van der Waals surface area contributed by atoms with Crippen LogP contribution in [0.3, 0.4) is 0 Å². The maximum atomic E-state index is 12.3. The van der Waals surface area contributed by atoms with Crippen molar-refractivity contribution in [2.45, 2.75) is 38.9 Å². The molecule has 0 bridgehead atoms. The normalized spacial score (nSPS) is 20.7. The van der Waals surface area contributed by atoms with Crippen molar-refractivity contribution in [1.82, 2.24) is 10.2 Å². The monoisotopic (exact) mass is 310 g/mol. The number of halogens is 3. The van der Waals surface area contributed by atoms with Crippen LogP contribution in [0.25, 0.3) is 0 Å². The third kappa shape index (κ3) is 6.79. The van der Waals surface area contributed by atoms with Gasteiger partial charge in [0.05, 0.1) is 6.61 Å². The van der Waals surface area contributed by atoms with Crippen LogP contribution in [-0.4, -0.2) is 55.2 Å². The first-order valence-corrected chi connectivity index (χ1v) is 6.91. The maximum absolute atomic E-state index is 12.3. The fourth-order valence-electron chi connectivity index (χ4n) is 2.11. The molecule has 1 rings (SSSR count). The van der Waals surface area contributed by atoms with Crippen molar-refractivity contribution >= 4 is 11.8 Å². The van der Waals surface area contributed by atoms with E-state index in [4.69, 9.17) is 0 Å². The highest BCUT2D eigenvalue weighted by atomic mass is 19.4. The van der Waals surface area contributed by atoms with Gasteiger partial charge < -0.3 is 15.0 Å². The lowest BCUT2D eigenvalue weighted by Crippen LogP contribution is -2.46. The first-order chi connectivity index (χ1) is 9.69. The van der Waals surface area contributed by atoms with Crippen LogP contribution >= 0.6 is 0 Å². The third-order valence-corrected chi connectivity index (χ3v) is 3.03. The largest absolute Gasteiger partial charge is 0.411 e. The van der Waals surface area contributed by atoms with Crippen LogP contribution < -0.4 is 5.32 Å². The van der Waals surface area contributed by atoms with Crippen LogP contribution in [0.5, 0.6) is 0 Å². The molecule has 0 aromatic heterocycles. The molecule has 1 aliphatic heterocycles. The number of carbonyl (C=O) groups is 2. The first-order valence-electron chi connectivity index (χ1n) is 6.91. The van der Waals surface area contributed by atoms with Gasteiger partial charge in [-0.05, 0) is 12.3 Å². The molecule has 0 radical (unpaired) electrons. The number of hydrogen-bond donors (Lipinski definition) is 1. The van der Waals surface area contributed by atoms with Gasteiger partial charge in [0.15, 0.2) is 0 Å². The van der Waals surface area contributed by atoms with E-state index in [-0.39, 0.29) is 43.8 Å². The molecule has 0 spiro atoms. The Kier molecular flexibility index (Phi) is 6.44. The molecule has 1 atom stereocenters. The zero-order valence-corrected chi connectivity index (χ0v) is 12.2. The molecule has 1 fully saturated rings. The van der Waals surface area contributed by atoms with Gasteiger partial charge in [0.1, 0.15) is 12.6 Å². The van der Waals surface area contributed by atoms with Crippen LogP contribution in [0.2, 0.25) is 0 Å². The summed E-state index contributed by atoms with van der Waals surface area (Å²) < 4.78 is 40.4. The highest BCUT2D eigenvalue weighted by Crippen LogP contribution is 2.15. The lowest BCUT2D eigenvalue weighted by molar-refractivity contribution is -0.174. The van der Waals surface area contributed by atoms with E-state index < -0.39 is 18.8 Å². The van der Waals surface area contributed by atoms with Gasteiger partial charge in [0.25, 0.3) is 0 Å². The Balaban J connectivity index is 2.51. The van der Waals surface area contributed by atoms with Crippen molar-refractivity contribution in [2.24, 2.45) is 5.92 Å². The van der Waals surface area contributed by atoms with Gasteiger partial charge in [-0.3, -0.25) is 9.59 Å². The van der Waals surface area contributed by atoms with E-state index in [2.05, 4.69) is 10.1 Å². The van der Waals surface area contributed by atoms with E-state index in [1.54, 1.807) is 0 Å². The minimum absolute atomic E-state index is 0.0540. The second kappa shape index (κ2) is 7.63. The number of carbonyl (C=O) groups excluding carboxylic acids is 2. The van der Waals surface area contributed by atoms with Crippen molar-refractivity contribution in [3.05, 3.63) is 0 Å². The SMILES string of the molecule is CC(C)CC1NC(=O)CCN(CCOCC(F)(F)F)C1=O. The minimum atomic E-state index is -4.37. The predicted octanol–water partition coefficient (Wildman–Crippen LogP) is 1.33. The molecular weight excluding hydrogens is 289 g/mol. The number of nitrogens with zero attached hydrogens (tertiary/aromatic N) is 1. The van der Waals surface area contributed by atoms with Crippen molar-refractivity contribution in [3.8, 4) is 0 Å². The molecule has 0 aliphatic carbocycles. The third-order valence-electron chi connectivity index (χ3n) is 3.03. The smallest absolute Gasteiger partial charge is 0.370 e. The van der Waals surface area contributed by atoms with Crippen LogP contribution in [0, 0.1) is 5.92 Å². The molecular formula is C13H21F3N2O3. The van der Waals surface area contributed by atoms with Gasteiger partial charge in [0, 0.05) is 19.5 Å². The molecule has 1 N–H and O–H groups in total. The molecule has 1 aliphatic rings. The predicted molar refractivity (Wildman–Crippen MR) is 69.5 cm³/mol. The summed E-state index contributed by atoms with van der Waals surface area (Å²) in [5.74, 6) is -0.251. The summed E-state index contributed by atoms with van der Waals surface area (Å²) in [5, 5.41) is 2.65. The van der Waals surface area contributed by atoms with E-state index in [1.807, 2.05) is 13.8 Å². The summed E-state index contributed by atoms with van der Waals surface area (Å²) in [6.07, 6.45) is -3.72. The Hall–Kier alpha value is -1.31. The van der Waals surface area contributed by atoms with Crippen LogP contribution in [0.4, 0.5) is 13.2 Å². The molecule has 1 unspecified atom stereocenters. The van der Waals surface area contributed by atoms with Gasteiger partial charge in [-0.1, -0.05) is 13.8 Å². The van der Waals surface area contributed by atoms with Crippen molar-refractivity contribution in [3.63, 3.8) is 0 Å². The standard InChI is InChI=1S/C13H21F3N2O3/c1-9(2)7-10-12(20)18(4-3-11(19)17-10)5-6-21-8-13(14,15)16/h9-10H,3-8H2,1-2H3,(H,17,19). The van der Waals surface area contributed by atoms with Crippen molar-refractivity contribution in [2.75, 3.05) is 26.3 Å². The molecule has 0 aromatic carbocycles. The molecule has 1 saturated heterocycles. The summed E-state index contributed by atoms with van der Waals surface area (Å²) in [7, 11) is 0. The van der Waals surface area contributed by atoms with Gasteiger partial charge in [0.2, 0.25) is 11.8 Å². The zero-order valence-electron chi connectivity index (χ0n) is 12.2. The highest BCUT2D eigenvalue weighted by Gasteiger charge is 2.31. The van der Waals surface area contributed by atoms with Crippen LogP contribution in [-0.2, 0) is 14.3 Å². The van der Waals surface area contributed by atoms with Crippen LogP contribution in [0.1, 0.15) is 26.7 Å². The van der Waals surface area contributed by atoms with Gasteiger partial charge in [-0.15, -0.1) is 0 Å². The summed E-state index contributed by atoms with van der Waals surface area (Å²) in [6, 6.07) is -0.609. The average molecular weight is 310 g/mol. The Morgan fingerprint density at radius 3 is 2.62 bits per heavy atom. The Labute approximate surface area is 121 Å². The van der Waals surface area contributed by atoms with E-state index in [0.717, 1.165) is 0 Å². The van der Waals surface area contributed by atoms with Gasteiger partial charge in [-0.25, -0.2) is 0 Å². The van der Waals surface area contributed by atoms with E-state index in [1.165, 1.54) is 4.90 Å². The Morgan fingerprint density at radius 1 is 1.38 bits per heavy atom. The van der Waals surface area contributed by atoms with Crippen molar-refractivity contribution < 1.29 is 27.5 Å². The Morgan fingerprint density at radius 2 is 2.05 bits per heavy atom. The number of hydrogen-bond acceptors (Lipinski definition) is 3. The maximum Gasteiger partial charge on any atom is 0.411 e. The number of rotatable bonds is 6. The molecule has 8 heteroatoms. The molecule has 1 heterocycles.